The predicted molar refractivity (Wildman–Crippen MR) is 76.5 cm³/mol. The average molecular weight is 261 g/mol. The molecule has 2 rings (SSSR count). The number of nitrogens with one attached hydrogen (secondary N) is 1. The normalized spacial score (nSPS) is 25.2. The molecule has 4 heteroatoms. The summed E-state index contributed by atoms with van der Waals surface area (Å²) in [6.45, 7) is 5.76. The van der Waals surface area contributed by atoms with Gasteiger partial charge in [0.05, 0.1) is 6.04 Å². The van der Waals surface area contributed by atoms with Crippen LogP contribution in [0.5, 0.6) is 0 Å². The molecule has 104 valence electrons. The maximum absolute atomic E-state index is 11.6. The van der Waals surface area contributed by atoms with Gasteiger partial charge in [-0.1, -0.05) is 30.3 Å². The second kappa shape index (κ2) is 6.17. The van der Waals surface area contributed by atoms with Gasteiger partial charge in [0.25, 0.3) is 0 Å². The zero-order valence-corrected chi connectivity index (χ0v) is 11.7. The molecule has 0 radical (unpaired) electrons. The number of nitrogens with zero attached hydrogens (tertiary/aromatic N) is 1. The third kappa shape index (κ3) is 3.78. The van der Waals surface area contributed by atoms with E-state index in [1.165, 1.54) is 5.56 Å². The predicted octanol–water partition coefficient (Wildman–Crippen LogP) is 1.11. The molecule has 1 aromatic rings. The Morgan fingerprint density at radius 1 is 1.47 bits per heavy atom. The van der Waals surface area contributed by atoms with Crippen LogP contribution in [0, 0.1) is 0 Å². The number of nitrogens with two attached hydrogens (primary N) is 1. The van der Waals surface area contributed by atoms with E-state index >= 15 is 0 Å². The number of rotatable bonds is 4. The summed E-state index contributed by atoms with van der Waals surface area (Å²) >= 11 is 0. The van der Waals surface area contributed by atoms with Gasteiger partial charge in [-0.3, -0.25) is 9.69 Å². The van der Waals surface area contributed by atoms with Crippen LogP contribution in [-0.2, 0) is 11.3 Å². The van der Waals surface area contributed by atoms with Crippen molar-refractivity contribution in [3.63, 3.8) is 0 Å². The van der Waals surface area contributed by atoms with Crippen molar-refractivity contribution in [3.8, 4) is 0 Å². The van der Waals surface area contributed by atoms with E-state index in [2.05, 4.69) is 41.4 Å². The molecule has 0 spiro atoms. The van der Waals surface area contributed by atoms with E-state index in [1.54, 1.807) is 6.92 Å². The number of hydrogen-bond donors (Lipinski definition) is 2. The summed E-state index contributed by atoms with van der Waals surface area (Å²) in [5, 5.41) is 3.02. The first kappa shape index (κ1) is 14.0. The van der Waals surface area contributed by atoms with E-state index in [4.69, 9.17) is 5.73 Å². The molecule has 4 nitrogen and oxygen atoms in total. The Morgan fingerprint density at radius 2 is 2.16 bits per heavy atom. The maximum Gasteiger partial charge on any atom is 0.236 e. The van der Waals surface area contributed by atoms with Crippen molar-refractivity contribution in [2.45, 2.75) is 44.9 Å². The molecule has 3 N–H and O–H groups in total. The molecular formula is C15H23N3O. The standard InChI is InChI=1S/C15H23N3O/c1-11-8-14(17-15(19)12(2)16)10-18(11)9-13-6-4-3-5-7-13/h3-7,11-12,14H,8-10,16H2,1-2H3,(H,17,19). The molecule has 1 aliphatic rings. The molecule has 0 aliphatic carbocycles. The minimum Gasteiger partial charge on any atom is -0.351 e. The van der Waals surface area contributed by atoms with Gasteiger partial charge in [0.1, 0.15) is 0 Å². The summed E-state index contributed by atoms with van der Waals surface area (Å²) in [5.41, 5.74) is 6.89. The molecule has 3 unspecified atom stereocenters. The second-order valence-electron chi connectivity index (χ2n) is 5.49. The molecular weight excluding hydrogens is 238 g/mol. The number of amides is 1. The second-order valence-corrected chi connectivity index (χ2v) is 5.49. The van der Waals surface area contributed by atoms with E-state index in [9.17, 15) is 4.79 Å². The van der Waals surface area contributed by atoms with Gasteiger partial charge in [-0.15, -0.1) is 0 Å². The summed E-state index contributed by atoms with van der Waals surface area (Å²) in [6, 6.07) is 10.7. The first-order chi connectivity index (χ1) is 9.06. The lowest BCUT2D eigenvalue weighted by Crippen LogP contribution is -2.44. The summed E-state index contributed by atoms with van der Waals surface area (Å²) in [5.74, 6) is -0.0567. The SMILES string of the molecule is CC(N)C(=O)NC1CC(C)N(Cc2ccccc2)C1. The first-order valence-electron chi connectivity index (χ1n) is 6.90. The minimum absolute atomic E-state index is 0.0567. The molecule has 0 saturated carbocycles. The van der Waals surface area contributed by atoms with Crippen LogP contribution in [-0.4, -0.2) is 35.5 Å². The summed E-state index contributed by atoms with van der Waals surface area (Å²) in [6.07, 6.45) is 0.991. The maximum atomic E-state index is 11.6. The first-order valence-corrected chi connectivity index (χ1v) is 6.90. The molecule has 1 heterocycles. The van der Waals surface area contributed by atoms with Crippen LogP contribution in [0.1, 0.15) is 25.8 Å². The lowest BCUT2D eigenvalue weighted by atomic mass is 10.2. The highest BCUT2D eigenvalue weighted by molar-refractivity contribution is 5.81. The molecule has 0 bridgehead atoms. The third-order valence-corrected chi connectivity index (χ3v) is 3.69. The van der Waals surface area contributed by atoms with Crippen LogP contribution >= 0.6 is 0 Å². The highest BCUT2D eigenvalue weighted by Gasteiger charge is 2.30. The number of likely N-dealkylation sites (tertiary alicyclic amines) is 1. The number of carbonyl (C=O) groups is 1. The van der Waals surface area contributed by atoms with Crippen LogP contribution in [0.3, 0.4) is 0 Å². The largest absolute Gasteiger partial charge is 0.351 e. The molecule has 1 aromatic carbocycles. The molecule has 19 heavy (non-hydrogen) atoms. The molecule has 1 amide bonds. The Balaban J connectivity index is 1.89. The third-order valence-electron chi connectivity index (χ3n) is 3.69. The van der Waals surface area contributed by atoms with Gasteiger partial charge in [-0.25, -0.2) is 0 Å². The number of benzene rings is 1. The van der Waals surface area contributed by atoms with E-state index in [0.29, 0.717) is 6.04 Å². The topological polar surface area (TPSA) is 58.4 Å². The van der Waals surface area contributed by atoms with Crippen LogP contribution < -0.4 is 11.1 Å². The average Bonchev–Trinajstić information content (AvgIpc) is 2.71. The van der Waals surface area contributed by atoms with Gasteiger partial charge < -0.3 is 11.1 Å². The summed E-state index contributed by atoms with van der Waals surface area (Å²) < 4.78 is 0. The van der Waals surface area contributed by atoms with Gasteiger partial charge in [-0.2, -0.15) is 0 Å². The highest BCUT2D eigenvalue weighted by Crippen LogP contribution is 2.20. The summed E-state index contributed by atoms with van der Waals surface area (Å²) in [4.78, 5) is 14.0. The fourth-order valence-corrected chi connectivity index (χ4v) is 2.57. The molecule has 1 fully saturated rings. The van der Waals surface area contributed by atoms with E-state index in [-0.39, 0.29) is 11.9 Å². The van der Waals surface area contributed by atoms with Gasteiger partial charge in [0.15, 0.2) is 0 Å². The van der Waals surface area contributed by atoms with Crippen LogP contribution in [0.25, 0.3) is 0 Å². The Hall–Kier alpha value is -1.39. The van der Waals surface area contributed by atoms with Crippen molar-refractivity contribution >= 4 is 5.91 Å². The number of carbonyl (C=O) groups excluding carboxylic acids is 1. The zero-order chi connectivity index (χ0) is 13.8. The van der Waals surface area contributed by atoms with Crippen LogP contribution in [0.15, 0.2) is 30.3 Å². The quantitative estimate of drug-likeness (QED) is 0.853. The summed E-state index contributed by atoms with van der Waals surface area (Å²) in [7, 11) is 0. The smallest absolute Gasteiger partial charge is 0.236 e. The van der Waals surface area contributed by atoms with Gasteiger partial charge in [-0.05, 0) is 25.8 Å². The Labute approximate surface area is 115 Å². The van der Waals surface area contributed by atoms with Crippen molar-refractivity contribution in [3.05, 3.63) is 35.9 Å². The molecule has 0 aromatic heterocycles. The molecule has 1 saturated heterocycles. The number of hydrogen-bond acceptors (Lipinski definition) is 3. The Bertz CT molecular complexity index is 419. The lowest BCUT2D eigenvalue weighted by molar-refractivity contribution is -0.122. The fourth-order valence-electron chi connectivity index (χ4n) is 2.57. The molecule has 3 atom stereocenters. The Morgan fingerprint density at radius 3 is 2.79 bits per heavy atom. The van der Waals surface area contributed by atoms with Crippen molar-refractivity contribution in [2.24, 2.45) is 5.73 Å². The minimum atomic E-state index is -0.432. The van der Waals surface area contributed by atoms with Gasteiger partial charge in [0.2, 0.25) is 5.91 Å². The van der Waals surface area contributed by atoms with Crippen LogP contribution in [0.2, 0.25) is 0 Å². The lowest BCUT2D eigenvalue weighted by Gasteiger charge is -2.21. The Kier molecular flexibility index (Phi) is 4.56. The molecule has 1 aliphatic heterocycles. The van der Waals surface area contributed by atoms with Gasteiger partial charge >= 0.3 is 0 Å². The van der Waals surface area contributed by atoms with E-state index in [1.807, 2.05) is 6.07 Å². The fraction of sp³-hybridized carbons (Fsp3) is 0.533. The van der Waals surface area contributed by atoms with Gasteiger partial charge in [0, 0.05) is 25.2 Å². The van der Waals surface area contributed by atoms with Crippen molar-refractivity contribution < 1.29 is 4.79 Å². The van der Waals surface area contributed by atoms with Crippen molar-refractivity contribution in [1.82, 2.24) is 10.2 Å². The van der Waals surface area contributed by atoms with Crippen molar-refractivity contribution in [2.75, 3.05) is 6.54 Å². The zero-order valence-electron chi connectivity index (χ0n) is 11.7. The highest BCUT2D eigenvalue weighted by atomic mass is 16.2. The van der Waals surface area contributed by atoms with E-state index < -0.39 is 6.04 Å². The monoisotopic (exact) mass is 261 g/mol. The van der Waals surface area contributed by atoms with Crippen LogP contribution in [0.4, 0.5) is 0 Å². The van der Waals surface area contributed by atoms with E-state index in [0.717, 1.165) is 19.5 Å². The van der Waals surface area contributed by atoms with Crippen molar-refractivity contribution in [1.29, 1.82) is 0 Å².